The van der Waals surface area contributed by atoms with Gasteiger partial charge in [0.15, 0.2) is 0 Å². The molecule has 6 nitrogen and oxygen atoms in total. The number of methoxy groups -OCH3 is 2. The molecule has 1 aliphatic carbocycles. The van der Waals surface area contributed by atoms with Gasteiger partial charge in [0.2, 0.25) is 0 Å². The Hall–Kier alpha value is -2.73. The van der Waals surface area contributed by atoms with Gasteiger partial charge >= 0.3 is 0 Å². The molecule has 0 N–H and O–H groups in total. The minimum absolute atomic E-state index is 0.0408. The molecule has 0 atom stereocenters. The zero-order chi connectivity index (χ0) is 22.0. The van der Waals surface area contributed by atoms with Crippen LogP contribution in [-0.2, 0) is 6.54 Å². The quantitative estimate of drug-likeness (QED) is 0.743. The highest BCUT2D eigenvalue weighted by molar-refractivity contribution is 5.97. The van der Waals surface area contributed by atoms with Crippen molar-refractivity contribution in [1.29, 1.82) is 0 Å². The predicted molar refractivity (Wildman–Crippen MR) is 120 cm³/mol. The van der Waals surface area contributed by atoms with E-state index in [1.165, 1.54) is 5.56 Å². The number of nitrogens with zero attached hydrogens (tertiary/aromatic N) is 2. The Bertz CT molecular complexity index is 937. The number of likely N-dealkylation sites (N-methyl/N-ethyl adjacent to an activating group) is 1. The average molecular weight is 425 g/mol. The third-order valence-electron chi connectivity index (χ3n) is 6.67. The minimum atomic E-state index is -0.199. The third kappa shape index (κ3) is 4.35. The largest absolute Gasteiger partial charge is 0.497 e. The van der Waals surface area contributed by atoms with Crippen molar-refractivity contribution >= 4 is 5.91 Å². The van der Waals surface area contributed by atoms with E-state index in [-0.39, 0.29) is 17.6 Å². The molecule has 1 fully saturated rings. The van der Waals surface area contributed by atoms with Crippen LogP contribution in [0.3, 0.4) is 0 Å². The molecule has 0 unspecified atom stereocenters. The molecule has 1 spiro atoms. The standard InChI is InChI=1S/C25H32N2O4/c1-26-16-18-7-5-6-8-22(18)31-25(17-26)13-11-19(12-14-25)27(2)24(28)21-15-20(29-3)9-10-23(21)30-4/h5-10,15,19H,11-14,16-17H2,1-4H3. The second kappa shape index (κ2) is 8.79. The Kier molecular flexibility index (Phi) is 6.10. The fourth-order valence-electron chi connectivity index (χ4n) is 4.95. The first kappa shape index (κ1) is 21.5. The number of rotatable bonds is 4. The lowest BCUT2D eigenvalue weighted by Crippen LogP contribution is -2.51. The molecule has 1 amide bonds. The SMILES string of the molecule is COc1ccc(OC)c(C(=O)N(C)C2CCC3(CC2)CN(C)Cc2ccccc2O3)c1. The monoisotopic (exact) mass is 424 g/mol. The maximum Gasteiger partial charge on any atom is 0.257 e. The van der Waals surface area contributed by atoms with Crippen molar-refractivity contribution in [1.82, 2.24) is 9.80 Å². The lowest BCUT2D eigenvalue weighted by Gasteiger charge is -2.43. The van der Waals surface area contributed by atoms with E-state index in [1.807, 2.05) is 18.0 Å². The Morgan fingerprint density at radius 2 is 1.87 bits per heavy atom. The zero-order valence-electron chi connectivity index (χ0n) is 18.9. The number of amides is 1. The summed E-state index contributed by atoms with van der Waals surface area (Å²) in [7, 11) is 7.23. The van der Waals surface area contributed by atoms with Gasteiger partial charge in [0.05, 0.1) is 19.8 Å². The molecule has 1 heterocycles. The fourth-order valence-corrected chi connectivity index (χ4v) is 4.95. The first-order valence-corrected chi connectivity index (χ1v) is 10.9. The molecule has 2 aromatic carbocycles. The summed E-state index contributed by atoms with van der Waals surface area (Å²) in [5.41, 5.74) is 1.57. The molecular formula is C25H32N2O4. The van der Waals surface area contributed by atoms with Crippen LogP contribution in [-0.4, -0.2) is 62.2 Å². The van der Waals surface area contributed by atoms with Crippen LogP contribution in [0.2, 0.25) is 0 Å². The van der Waals surface area contributed by atoms with Gasteiger partial charge in [-0.3, -0.25) is 9.69 Å². The van der Waals surface area contributed by atoms with E-state index in [0.717, 1.165) is 44.5 Å². The average Bonchev–Trinajstić information content (AvgIpc) is 2.93. The summed E-state index contributed by atoms with van der Waals surface area (Å²) < 4.78 is 17.3. The molecule has 1 aliphatic heterocycles. The van der Waals surface area contributed by atoms with Gasteiger partial charge in [-0.2, -0.15) is 0 Å². The number of carbonyl (C=O) groups is 1. The second-order valence-electron chi connectivity index (χ2n) is 8.78. The number of carbonyl (C=O) groups excluding carboxylic acids is 1. The predicted octanol–water partition coefficient (Wildman–Crippen LogP) is 3.98. The van der Waals surface area contributed by atoms with Gasteiger partial charge in [0.25, 0.3) is 5.91 Å². The van der Waals surface area contributed by atoms with Gasteiger partial charge in [0.1, 0.15) is 22.8 Å². The topological polar surface area (TPSA) is 51.2 Å². The first-order chi connectivity index (χ1) is 14.9. The second-order valence-corrected chi connectivity index (χ2v) is 8.78. The van der Waals surface area contributed by atoms with Gasteiger partial charge in [-0.15, -0.1) is 0 Å². The zero-order valence-corrected chi connectivity index (χ0v) is 18.9. The first-order valence-electron chi connectivity index (χ1n) is 10.9. The minimum Gasteiger partial charge on any atom is -0.497 e. The highest BCUT2D eigenvalue weighted by Gasteiger charge is 2.42. The number of hydrogen-bond acceptors (Lipinski definition) is 5. The Morgan fingerprint density at radius 3 is 2.58 bits per heavy atom. The van der Waals surface area contributed by atoms with Crippen molar-refractivity contribution in [2.75, 3.05) is 34.9 Å². The molecular weight excluding hydrogens is 392 g/mol. The summed E-state index contributed by atoms with van der Waals surface area (Å²) >= 11 is 0. The van der Waals surface area contributed by atoms with Crippen molar-refractivity contribution in [3.05, 3.63) is 53.6 Å². The molecule has 166 valence electrons. The van der Waals surface area contributed by atoms with E-state index in [2.05, 4.69) is 30.1 Å². The van der Waals surface area contributed by atoms with Crippen molar-refractivity contribution in [2.45, 2.75) is 43.9 Å². The molecule has 0 saturated heterocycles. The summed E-state index contributed by atoms with van der Waals surface area (Å²) in [4.78, 5) is 17.5. The molecule has 0 radical (unpaired) electrons. The Balaban J connectivity index is 1.48. The van der Waals surface area contributed by atoms with Crippen molar-refractivity contribution in [2.24, 2.45) is 0 Å². The molecule has 4 rings (SSSR count). The number of hydrogen-bond donors (Lipinski definition) is 0. The van der Waals surface area contributed by atoms with Crippen LogP contribution in [0.25, 0.3) is 0 Å². The maximum atomic E-state index is 13.3. The molecule has 0 bridgehead atoms. The summed E-state index contributed by atoms with van der Waals surface area (Å²) in [6.45, 7) is 1.80. The summed E-state index contributed by atoms with van der Waals surface area (Å²) in [6, 6.07) is 13.8. The number of ether oxygens (including phenoxy) is 3. The lowest BCUT2D eigenvalue weighted by molar-refractivity contribution is -0.00846. The van der Waals surface area contributed by atoms with E-state index in [1.54, 1.807) is 32.4 Å². The normalized spacial score (nSPS) is 23.4. The van der Waals surface area contributed by atoms with E-state index >= 15 is 0 Å². The van der Waals surface area contributed by atoms with E-state index < -0.39 is 0 Å². The molecule has 6 heteroatoms. The summed E-state index contributed by atoms with van der Waals surface area (Å²) in [5, 5.41) is 0. The van der Waals surface area contributed by atoms with E-state index in [4.69, 9.17) is 14.2 Å². The highest BCUT2D eigenvalue weighted by Crippen LogP contribution is 2.39. The van der Waals surface area contributed by atoms with E-state index in [0.29, 0.717) is 17.1 Å². The highest BCUT2D eigenvalue weighted by atomic mass is 16.5. The van der Waals surface area contributed by atoms with Gasteiger partial charge in [-0.25, -0.2) is 0 Å². The van der Waals surface area contributed by atoms with E-state index in [9.17, 15) is 4.79 Å². The van der Waals surface area contributed by atoms with Gasteiger partial charge in [-0.1, -0.05) is 18.2 Å². The van der Waals surface area contributed by atoms with Crippen LogP contribution in [0.1, 0.15) is 41.6 Å². The van der Waals surface area contributed by atoms with Crippen molar-refractivity contribution in [3.63, 3.8) is 0 Å². The maximum absolute atomic E-state index is 13.3. The van der Waals surface area contributed by atoms with Crippen LogP contribution < -0.4 is 14.2 Å². The molecule has 2 aliphatic rings. The van der Waals surface area contributed by atoms with Crippen LogP contribution in [0.4, 0.5) is 0 Å². The number of fused-ring (bicyclic) bond motifs is 1. The summed E-state index contributed by atoms with van der Waals surface area (Å²) in [6.07, 6.45) is 3.65. The Morgan fingerprint density at radius 1 is 1.13 bits per heavy atom. The van der Waals surface area contributed by atoms with Gasteiger partial charge < -0.3 is 19.1 Å². The molecule has 1 saturated carbocycles. The molecule has 2 aromatic rings. The third-order valence-corrected chi connectivity index (χ3v) is 6.67. The van der Waals surface area contributed by atoms with Crippen LogP contribution >= 0.6 is 0 Å². The van der Waals surface area contributed by atoms with Gasteiger partial charge in [0, 0.05) is 31.7 Å². The summed E-state index contributed by atoms with van der Waals surface area (Å²) in [5.74, 6) is 2.17. The lowest BCUT2D eigenvalue weighted by atomic mass is 9.81. The van der Waals surface area contributed by atoms with Crippen LogP contribution in [0.5, 0.6) is 17.2 Å². The van der Waals surface area contributed by atoms with Crippen LogP contribution in [0.15, 0.2) is 42.5 Å². The molecule has 31 heavy (non-hydrogen) atoms. The van der Waals surface area contributed by atoms with Crippen molar-refractivity contribution < 1.29 is 19.0 Å². The molecule has 0 aromatic heterocycles. The fraction of sp³-hybridized carbons (Fsp3) is 0.480. The Labute approximate surface area is 184 Å². The number of para-hydroxylation sites is 1. The van der Waals surface area contributed by atoms with Crippen LogP contribution in [0, 0.1) is 0 Å². The number of benzene rings is 2. The smallest absolute Gasteiger partial charge is 0.257 e. The van der Waals surface area contributed by atoms with Crippen molar-refractivity contribution in [3.8, 4) is 17.2 Å². The van der Waals surface area contributed by atoms with Gasteiger partial charge in [-0.05, 0) is 57.0 Å².